The van der Waals surface area contributed by atoms with Crippen molar-refractivity contribution in [3.05, 3.63) is 0 Å². The van der Waals surface area contributed by atoms with E-state index >= 15 is 0 Å². The maximum absolute atomic E-state index is 11.4. The molecule has 0 amide bonds. The van der Waals surface area contributed by atoms with Crippen LogP contribution in [0, 0.1) is 12.1 Å². The predicted molar refractivity (Wildman–Crippen MR) is 37.9 cm³/mol. The second kappa shape index (κ2) is 3.36. The summed E-state index contributed by atoms with van der Waals surface area (Å²) in [5, 5.41) is 0. The number of halogens is 1. The van der Waals surface area contributed by atoms with Gasteiger partial charge < -0.3 is 4.52 Å². The molecular weight excluding hydrogens is 170 g/mol. The number of hydrogen-bond donors (Lipinski definition) is 0. The first-order valence-corrected chi connectivity index (χ1v) is 4.87. The van der Waals surface area contributed by atoms with Crippen LogP contribution < -0.4 is 0 Å². The van der Waals surface area contributed by atoms with E-state index in [1.165, 1.54) is 13.3 Å². The van der Waals surface area contributed by atoms with Gasteiger partial charge in [-0.15, -0.1) is 4.39 Å². The fourth-order valence-corrected chi connectivity index (χ4v) is 2.34. The maximum Gasteiger partial charge on any atom is 0.331 e. The van der Waals surface area contributed by atoms with E-state index in [-0.39, 0.29) is 0 Å². The zero-order valence-electron chi connectivity index (χ0n) is 6.04. The van der Waals surface area contributed by atoms with E-state index in [2.05, 4.69) is 10.4 Å². The molecule has 0 aromatic rings. The Hall–Kier alpha value is -0.360. The molecule has 0 aromatic heterocycles. The van der Waals surface area contributed by atoms with Crippen LogP contribution >= 0.6 is 7.60 Å². The van der Waals surface area contributed by atoms with E-state index in [0.717, 1.165) is 0 Å². The Balaban J connectivity index is 2.58. The molecule has 2 atom stereocenters. The molecule has 0 radical (unpaired) electrons. The molecule has 0 spiro atoms. The molecule has 2 unspecified atom stereocenters. The summed E-state index contributed by atoms with van der Waals surface area (Å²) in [5.74, 6) is 2.14. The zero-order valence-corrected chi connectivity index (χ0v) is 6.94. The van der Waals surface area contributed by atoms with Crippen molar-refractivity contribution in [1.29, 1.82) is 0 Å². The lowest BCUT2D eigenvalue weighted by molar-refractivity contribution is 0.231. The molecule has 3 nitrogen and oxygen atoms in total. The zero-order chi connectivity index (χ0) is 8.32. The lowest BCUT2D eigenvalue weighted by Gasteiger charge is -2.06. The monoisotopic (exact) mass is 178 g/mol. The van der Waals surface area contributed by atoms with Crippen molar-refractivity contribution in [2.45, 2.75) is 12.5 Å². The fraction of sp³-hybridized carbons (Fsp3) is 0.667. The van der Waals surface area contributed by atoms with Crippen LogP contribution in [0.25, 0.3) is 0 Å². The summed E-state index contributed by atoms with van der Waals surface area (Å²) in [6.07, 6.45) is 1.45. The van der Waals surface area contributed by atoms with Crippen LogP contribution in [0.15, 0.2) is 0 Å². The highest BCUT2D eigenvalue weighted by atomic mass is 31.2. The second-order valence-corrected chi connectivity index (χ2v) is 4.38. The van der Waals surface area contributed by atoms with Gasteiger partial charge in [0.1, 0.15) is 12.3 Å². The van der Waals surface area contributed by atoms with E-state index in [0.29, 0.717) is 12.6 Å². The summed E-state index contributed by atoms with van der Waals surface area (Å²) in [6, 6.07) is 0. The standard InChI is InChI=1S/C6H8FO3P/c1-9-11(8)5-3-6(10-11)2-4-7/h6H,3,5H2,1H3. The summed E-state index contributed by atoms with van der Waals surface area (Å²) < 4.78 is 32.1. The van der Waals surface area contributed by atoms with E-state index in [9.17, 15) is 8.96 Å². The van der Waals surface area contributed by atoms with Crippen LogP contribution in [0.1, 0.15) is 6.42 Å². The van der Waals surface area contributed by atoms with Gasteiger partial charge in [0.2, 0.25) is 0 Å². The second-order valence-electron chi connectivity index (χ2n) is 2.14. The lowest BCUT2D eigenvalue weighted by atomic mass is 10.3. The van der Waals surface area contributed by atoms with Crippen molar-refractivity contribution in [2.24, 2.45) is 0 Å². The first-order chi connectivity index (χ1) is 5.20. The van der Waals surface area contributed by atoms with Gasteiger partial charge in [-0.05, 0) is 12.3 Å². The van der Waals surface area contributed by atoms with Gasteiger partial charge in [0.25, 0.3) is 0 Å². The average molecular weight is 178 g/mol. The molecule has 1 heterocycles. The molecule has 5 heteroatoms. The third kappa shape index (κ3) is 2.03. The summed E-state index contributed by atoms with van der Waals surface area (Å²) in [4.78, 5) is 0. The van der Waals surface area contributed by atoms with Gasteiger partial charge in [0.05, 0.1) is 6.16 Å². The molecule has 0 N–H and O–H groups in total. The van der Waals surface area contributed by atoms with Gasteiger partial charge in [0.15, 0.2) is 0 Å². The average Bonchev–Trinajstić information content (AvgIpc) is 2.35. The summed E-state index contributed by atoms with van der Waals surface area (Å²) in [7, 11) is -1.59. The van der Waals surface area contributed by atoms with Crippen LogP contribution in [0.3, 0.4) is 0 Å². The lowest BCUT2D eigenvalue weighted by Crippen LogP contribution is -1.98. The number of rotatable bonds is 1. The fourth-order valence-electron chi connectivity index (χ4n) is 0.868. The highest BCUT2D eigenvalue weighted by molar-refractivity contribution is 7.54. The van der Waals surface area contributed by atoms with Crippen molar-refractivity contribution < 1.29 is 18.0 Å². The van der Waals surface area contributed by atoms with Crippen LogP contribution in [0.2, 0.25) is 0 Å². The van der Waals surface area contributed by atoms with Crippen molar-refractivity contribution >= 4 is 7.60 Å². The molecule has 1 fully saturated rings. The first-order valence-electron chi connectivity index (χ1n) is 3.14. The third-order valence-corrected chi connectivity index (χ3v) is 3.38. The Morgan fingerprint density at radius 1 is 1.82 bits per heavy atom. The van der Waals surface area contributed by atoms with Crippen LogP contribution in [0.5, 0.6) is 0 Å². The van der Waals surface area contributed by atoms with Gasteiger partial charge in [-0.1, -0.05) is 0 Å². The SMILES string of the molecule is COP1(=O)CCC(C#CF)O1. The quantitative estimate of drug-likeness (QED) is 0.451. The molecule has 1 saturated heterocycles. The van der Waals surface area contributed by atoms with Crippen molar-refractivity contribution in [2.75, 3.05) is 13.3 Å². The molecule has 11 heavy (non-hydrogen) atoms. The predicted octanol–water partition coefficient (Wildman–Crippen LogP) is 1.55. The van der Waals surface area contributed by atoms with Crippen molar-refractivity contribution in [3.63, 3.8) is 0 Å². The molecule has 62 valence electrons. The minimum atomic E-state index is -2.91. The molecule has 0 saturated carbocycles. The Kier molecular flexibility index (Phi) is 2.67. The normalized spacial score (nSPS) is 36.4. The minimum Gasteiger partial charge on any atom is -0.312 e. The van der Waals surface area contributed by atoms with Crippen molar-refractivity contribution in [1.82, 2.24) is 0 Å². The van der Waals surface area contributed by atoms with Crippen LogP contribution in [-0.4, -0.2) is 19.4 Å². The molecule has 1 aliphatic rings. The number of hydrogen-bond acceptors (Lipinski definition) is 3. The Labute approximate surface area is 64.4 Å². The third-order valence-electron chi connectivity index (χ3n) is 1.45. The summed E-state index contributed by atoms with van der Waals surface area (Å²) >= 11 is 0. The smallest absolute Gasteiger partial charge is 0.312 e. The molecule has 1 aliphatic heterocycles. The largest absolute Gasteiger partial charge is 0.331 e. The highest BCUT2D eigenvalue weighted by Crippen LogP contribution is 2.54. The summed E-state index contributed by atoms with van der Waals surface area (Å²) in [6.45, 7) is 0. The first kappa shape index (κ1) is 8.73. The van der Waals surface area contributed by atoms with Gasteiger partial charge in [-0.25, -0.2) is 0 Å². The van der Waals surface area contributed by atoms with Crippen molar-refractivity contribution in [3.8, 4) is 12.1 Å². The van der Waals surface area contributed by atoms with Crippen LogP contribution in [-0.2, 0) is 13.6 Å². The molecule has 0 aromatic carbocycles. The van der Waals surface area contributed by atoms with Gasteiger partial charge in [0, 0.05) is 7.11 Å². The molecular formula is C6H8FO3P. The summed E-state index contributed by atoms with van der Waals surface area (Å²) in [5.41, 5.74) is 0. The molecule has 0 aliphatic carbocycles. The van der Waals surface area contributed by atoms with E-state index in [4.69, 9.17) is 4.52 Å². The topological polar surface area (TPSA) is 35.5 Å². The molecule has 0 bridgehead atoms. The Bertz CT molecular complexity index is 242. The van der Waals surface area contributed by atoms with Crippen LogP contribution in [0.4, 0.5) is 4.39 Å². The Morgan fingerprint density at radius 3 is 3.00 bits per heavy atom. The maximum atomic E-state index is 11.4. The molecule has 1 rings (SSSR count). The highest BCUT2D eigenvalue weighted by Gasteiger charge is 2.34. The van der Waals surface area contributed by atoms with E-state index in [1.807, 2.05) is 0 Å². The van der Waals surface area contributed by atoms with Gasteiger partial charge in [-0.2, -0.15) is 0 Å². The Morgan fingerprint density at radius 2 is 2.55 bits per heavy atom. The minimum absolute atomic E-state index is 0.322. The van der Waals surface area contributed by atoms with Gasteiger partial charge in [-0.3, -0.25) is 9.09 Å². The van der Waals surface area contributed by atoms with E-state index in [1.54, 1.807) is 0 Å². The van der Waals surface area contributed by atoms with Gasteiger partial charge >= 0.3 is 7.60 Å². The van der Waals surface area contributed by atoms with E-state index < -0.39 is 13.7 Å².